The van der Waals surface area contributed by atoms with E-state index in [2.05, 4.69) is 17.0 Å². The van der Waals surface area contributed by atoms with Gasteiger partial charge in [0.2, 0.25) is 0 Å². The number of rotatable bonds is 9. The van der Waals surface area contributed by atoms with E-state index in [1.54, 1.807) is 14.2 Å². The van der Waals surface area contributed by atoms with Gasteiger partial charge in [0.1, 0.15) is 5.75 Å². The van der Waals surface area contributed by atoms with Crippen LogP contribution >= 0.6 is 0 Å². The van der Waals surface area contributed by atoms with Gasteiger partial charge < -0.3 is 15.2 Å². The van der Waals surface area contributed by atoms with E-state index in [1.807, 2.05) is 12.1 Å². The molecular formula is C14H24N2O2. The first-order chi connectivity index (χ1) is 8.80. The van der Waals surface area contributed by atoms with E-state index in [0.29, 0.717) is 0 Å². The molecule has 0 atom stereocenters. The number of benzene rings is 1. The minimum absolute atomic E-state index is 0.724. The first-order valence-electron chi connectivity index (χ1n) is 6.34. The molecule has 1 rings (SSSR count). The van der Waals surface area contributed by atoms with Crippen molar-refractivity contribution < 1.29 is 9.47 Å². The highest BCUT2D eigenvalue weighted by Gasteiger charge is 2.06. The van der Waals surface area contributed by atoms with Crippen LogP contribution in [0.25, 0.3) is 0 Å². The second-order valence-corrected chi connectivity index (χ2v) is 4.26. The summed E-state index contributed by atoms with van der Waals surface area (Å²) in [6.45, 7) is 4.29. The lowest BCUT2D eigenvalue weighted by Crippen LogP contribution is -2.29. The van der Waals surface area contributed by atoms with E-state index in [1.165, 1.54) is 5.56 Å². The molecule has 0 unspecified atom stereocenters. The Balaban J connectivity index is 2.56. The molecule has 0 bridgehead atoms. The van der Waals surface area contributed by atoms with Gasteiger partial charge in [-0.3, -0.25) is 4.90 Å². The van der Waals surface area contributed by atoms with Gasteiger partial charge in [-0.25, -0.2) is 0 Å². The molecule has 0 fully saturated rings. The molecule has 102 valence electrons. The van der Waals surface area contributed by atoms with Crippen molar-refractivity contribution in [3.8, 4) is 5.75 Å². The molecule has 0 radical (unpaired) electrons. The summed E-state index contributed by atoms with van der Waals surface area (Å²) >= 11 is 0. The summed E-state index contributed by atoms with van der Waals surface area (Å²) in [5, 5.41) is 0. The van der Waals surface area contributed by atoms with Crippen LogP contribution in [-0.4, -0.2) is 45.4 Å². The first kappa shape index (κ1) is 15.0. The van der Waals surface area contributed by atoms with Gasteiger partial charge in [-0.15, -0.1) is 0 Å². The predicted molar refractivity (Wildman–Crippen MR) is 73.8 cm³/mol. The molecule has 0 amide bonds. The Morgan fingerprint density at radius 2 is 2.06 bits per heavy atom. The Bertz CT molecular complexity index is 323. The van der Waals surface area contributed by atoms with Crippen LogP contribution in [-0.2, 0) is 11.3 Å². The van der Waals surface area contributed by atoms with Crippen LogP contribution in [0.2, 0.25) is 0 Å². The van der Waals surface area contributed by atoms with Crippen molar-refractivity contribution >= 4 is 0 Å². The molecule has 0 saturated heterocycles. The molecule has 0 spiro atoms. The Morgan fingerprint density at radius 3 is 2.72 bits per heavy atom. The van der Waals surface area contributed by atoms with E-state index in [0.717, 1.165) is 45.0 Å². The summed E-state index contributed by atoms with van der Waals surface area (Å²) in [5.41, 5.74) is 6.82. The summed E-state index contributed by atoms with van der Waals surface area (Å²) in [4.78, 5) is 2.35. The van der Waals surface area contributed by atoms with Gasteiger partial charge in [-0.05, 0) is 37.2 Å². The molecule has 0 heterocycles. The number of nitrogens with zero attached hydrogens (tertiary/aromatic N) is 1. The predicted octanol–water partition coefficient (Wildman–Crippen LogP) is 1.49. The maximum absolute atomic E-state index is 5.57. The molecule has 18 heavy (non-hydrogen) atoms. The van der Waals surface area contributed by atoms with Gasteiger partial charge >= 0.3 is 0 Å². The average molecular weight is 252 g/mol. The molecule has 2 N–H and O–H groups in total. The molecule has 4 heteroatoms. The van der Waals surface area contributed by atoms with Crippen molar-refractivity contribution in [1.29, 1.82) is 0 Å². The van der Waals surface area contributed by atoms with Crippen LogP contribution in [0.5, 0.6) is 5.75 Å². The Morgan fingerprint density at radius 1 is 1.22 bits per heavy atom. The van der Waals surface area contributed by atoms with Gasteiger partial charge in [-0.1, -0.05) is 12.1 Å². The smallest absolute Gasteiger partial charge is 0.119 e. The average Bonchev–Trinajstić information content (AvgIpc) is 2.42. The van der Waals surface area contributed by atoms with E-state index in [9.17, 15) is 0 Å². The Labute approximate surface area is 110 Å². The second kappa shape index (κ2) is 8.91. The summed E-state index contributed by atoms with van der Waals surface area (Å²) in [5.74, 6) is 0.901. The highest BCUT2D eigenvalue weighted by atomic mass is 16.5. The summed E-state index contributed by atoms with van der Waals surface area (Å²) in [7, 11) is 3.42. The van der Waals surface area contributed by atoms with Crippen molar-refractivity contribution in [2.75, 3.05) is 40.5 Å². The minimum atomic E-state index is 0.724. The zero-order valence-corrected chi connectivity index (χ0v) is 11.4. The van der Waals surface area contributed by atoms with Crippen LogP contribution in [0.3, 0.4) is 0 Å². The lowest BCUT2D eigenvalue weighted by Gasteiger charge is -2.22. The molecule has 1 aromatic rings. The van der Waals surface area contributed by atoms with E-state index < -0.39 is 0 Å². The van der Waals surface area contributed by atoms with Crippen LogP contribution in [0.1, 0.15) is 12.0 Å². The maximum atomic E-state index is 5.57. The molecular weight excluding hydrogens is 228 g/mol. The molecule has 0 aliphatic carbocycles. The number of nitrogens with two attached hydrogens (primary N) is 1. The number of methoxy groups -OCH3 is 2. The van der Waals surface area contributed by atoms with Crippen LogP contribution in [0.4, 0.5) is 0 Å². The molecule has 4 nitrogen and oxygen atoms in total. The maximum Gasteiger partial charge on any atom is 0.119 e. The third-order valence-corrected chi connectivity index (χ3v) is 2.83. The zero-order chi connectivity index (χ0) is 13.2. The SMILES string of the molecule is COCCN(CCCN)Cc1cccc(OC)c1. The highest BCUT2D eigenvalue weighted by Crippen LogP contribution is 2.14. The standard InChI is InChI=1S/C14H24N2O2/c1-17-10-9-16(8-4-7-15)12-13-5-3-6-14(11-13)18-2/h3,5-6,11H,4,7-10,12,15H2,1-2H3. The fourth-order valence-electron chi connectivity index (χ4n) is 1.83. The lowest BCUT2D eigenvalue weighted by atomic mass is 10.2. The van der Waals surface area contributed by atoms with Crippen LogP contribution in [0, 0.1) is 0 Å². The zero-order valence-electron chi connectivity index (χ0n) is 11.4. The molecule has 0 aliphatic rings. The van der Waals surface area contributed by atoms with Gasteiger partial charge in [-0.2, -0.15) is 0 Å². The molecule has 0 saturated carbocycles. The van der Waals surface area contributed by atoms with Crippen molar-refractivity contribution in [2.24, 2.45) is 5.73 Å². The topological polar surface area (TPSA) is 47.7 Å². The third-order valence-electron chi connectivity index (χ3n) is 2.83. The number of hydrogen-bond donors (Lipinski definition) is 1. The first-order valence-corrected chi connectivity index (χ1v) is 6.34. The van der Waals surface area contributed by atoms with Gasteiger partial charge in [0.05, 0.1) is 13.7 Å². The molecule has 0 aliphatic heterocycles. The fraction of sp³-hybridized carbons (Fsp3) is 0.571. The highest BCUT2D eigenvalue weighted by molar-refractivity contribution is 5.28. The quantitative estimate of drug-likeness (QED) is 0.723. The summed E-state index contributed by atoms with van der Waals surface area (Å²) in [6.07, 6.45) is 1.01. The monoisotopic (exact) mass is 252 g/mol. The number of ether oxygens (including phenoxy) is 2. The van der Waals surface area contributed by atoms with Gasteiger partial charge in [0, 0.05) is 20.2 Å². The normalized spacial score (nSPS) is 10.9. The molecule has 1 aromatic carbocycles. The molecule has 0 aromatic heterocycles. The largest absolute Gasteiger partial charge is 0.497 e. The minimum Gasteiger partial charge on any atom is -0.497 e. The summed E-state index contributed by atoms with van der Waals surface area (Å²) < 4.78 is 10.4. The van der Waals surface area contributed by atoms with E-state index in [-0.39, 0.29) is 0 Å². The van der Waals surface area contributed by atoms with Crippen molar-refractivity contribution in [3.05, 3.63) is 29.8 Å². The van der Waals surface area contributed by atoms with Gasteiger partial charge in [0.25, 0.3) is 0 Å². The summed E-state index contributed by atoms with van der Waals surface area (Å²) in [6, 6.07) is 8.17. The van der Waals surface area contributed by atoms with E-state index in [4.69, 9.17) is 15.2 Å². The fourth-order valence-corrected chi connectivity index (χ4v) is 1.83. The van der Waals surface area contributed by atoms with Gasteiger partial charge in [0.15, 0.2) is 0 Å². The van der Waals surface area contributed by atoms with E-state index >= 15 is 0 Å². The van der Waals surface area contributed by atoms with Crippen molar-refractivity contribution in [3.63, 3.8) is 0 Å². The van der Waals surface area contributed by atoms with Crippen LogP contribution in [0.15, 0.2) is 24.3 Å². The Kier molecular flexibility index (Phi) is 7.41. The van der Waals surface area contributed by atoms with Crippen molar-refractivity contribution in [2.45, 2.75) is 13.0 Å². The Hall–Kier alpha value is -1.10. The lowest BCUT2D eigenvalue weighted by molar-refractivity contribution is 0.143. The third kappa shape index (κ3) is 5.49. The second-order valence-electron chi connectivity index (χ2n) is 4.26. The number of hydrogen-bond acceptors (Lipinski definition) is 4. The van der Waals surface area contributed by atoms with Crippen LogP contribution < -0.4 is 10.5 Å². The van der Waals surface area contributed by atoms with Crippen molar-refractivity contribution in [1.82, 2.24) is 4.90 Å².